The van der Waals surface area contributed by atoms with Crippen LogP contribution in [0, 0.1) is 0 Å². The summed E-state index contributed by atoms with van der Waals surface area (Å²) in [5, 5.41) is 0. The quantitative estimate of drug-likeness (QED) is 0.205. The first-order valence-electron chi connectivity index (χ1n) is 10.7. The lowest BCUT2D eigenvalue weighted by molar-refractivity contribution is -0.144. The van der Waals surface area contributed by atoms with Crippen LogP contribution in [0.25, 0.3) is 0 Å². The molecule has 0 radical (unpaired) electrons. The Morgan fingerprint density at radius 3 is 2.04 bits per heavy atom. The standard InChI is InChI=1S/C21H38O4/c1-2-3-4-5-7-10-13-19-20(25-19)14-11-8-6-9-12-15-21(22)24-17-18-16-23-18/h18-20H,2-17H2,1H3/t18-,19+,20+/m0/s1. The van der Waals surface area contributed by atoms with Gasteiger partial charge in [0.25, 0.3) is 0 Å². The van der Waals surface area contributed by atoms with Crippen LogP contribution >= 0.6 is 0 Å². The fourth-order valence-electron chi connectivity index (χ4n) is 3.38. The van der Waals surface area contributed by atoms with Crippen molar-refractivity contribution in [3.63, 3.8) is 0 Å². The van der Waals surface area contributed by atoms with Crippen LogP contribution in [-0.4, -0.2) is 37.5 Å². The minimum absolute atomic E-state index is 0.0700. The Morgan fingerprint density at radius 1 is 0.880 bits per heavy atom. The van der Waals surface area contributed by atoms with Crippen molar-refractivity contribution in [2.45, 2.75) is 115 Å². The predicted octanol–water partition coefficient (Wildman–Crippen LogP) is 5.18. The molecule has 0 N–H and O–H groups in total. The number of hydrogen-bond donors (Lipinski definition) is 0. The average Bonchev–Trinajstić information content (AvgIpc) is 3.52. The van der Waals surface area contributed by atoms with E-state index in [1.165, 1.54) is 70.6 Å². The Morgan fingerprint density at radius 2 is 1.44 bits per heavy atom. The largest absolute Gasteiger partial charge is 0.463 e. The first kappa shape index (κ1) is 20.7. The first-order valence-corrected chi connectivity index (χ1v) is 10.7. The molecule has 3 atom stereocenters. The lowest BCUT2D eigenvalue weighted by Crippen LogP contribution is -2.09. The third-order valence-corrected chi connectivity index (χ3v) is 5.23. The third kappa shape index (κ3) is 10.9. The van der Waals surface area contributed by atoms with E-state index < -0.39 is 0 Å². The summed E-state index contributed by atoms with van der Waals surface area (Å²) in [6.07, 6.45) is 18.4. The highest BCUT2D eigenvalue weighted by atomic mass is 16.6. The lowest BCUT2D eigenvalue weighted by atomic mass is 10.0. The van der Waals surface area contributed by atoms with Crippen molar-refractivity contribution in [2.24, 2.45) is 0 Å². The highest BCUT2D eigenvalue weighted by Crippen LogP contribution is 2.31. The lowest BCUT2D eigenvalue weighted by Gasteiger charge is -2.03. The van der Waals surface area contributed by atoms with Gasteiger partial charge in [-0.2, -0.15) is 0 Å². The maximum atomic E-state index is 11.5. The highest BCUT2D eigenvalue weighted by Gasteiger charge is 2.36. The third-order valence-electron chi connectivity index (χ3n) is 5.23. The molecule has 2 aliphatic heterocycles. The van der Waals surface area contributed by atoms with Crippen LogP contribution < -0.4 is 0 Å². The van der Waals surface area contributed by atoms with Crippen LogP contribution in [0.15, 0.2) is 0 Å². The van der Waals surface area contributed by atoms with E-state index in [4.69, 9.17) is 14.2 Å². The molecular weight excluding hydrogens is 316 g/mol. The van der Waals surface area contributed by atoms with Crippen LogP contribution in [0.2, 0.25) is 0 Å². The van der Waals surface area contributed by atoms with Gasteiger partial charge in [-0.25, -0.2) is 0 Å². The van der Waals surface area contributed by atoms with E-state index in [9.17, 15) is 4.79 Å². The van der Waals surface area contributed by atoms with E-state index in [2.05, 4.69) is 6.92 Å². The molecule has 0 aromatic rings. The Labute approximate surface area is 154 Å². The van der Waals surface area contributed by atoms with Gasteiger partial charge in [-0.3, -0.25) is 4.79 Å². The maximum Gasteiger partial charge on any atom is 0.305 e. The number of carbonyl (C=O) groups excluding carboxylic acids is 1. The van der Waals surface area contributed by atoms with Crippen LogP contribution in [0.5, 0.6) is 0 Å². The molecule has 4 heteroatoms. The number of carbonyl (C=O) groups is 1. The topological polar surface area (TPSA) is 51.4 Å². The summed E-state index contributed by atoms with van der Waals surface area (Å²) in [4.78, 5) is 11.5. The van der Waals surface area contributed by atoms with Gasteiger partial charge in [0.05, 0.1) is 18.8 Å². The molecule has 2 aliphatic rings. The molecule has 2 rings (SSSR count). The molecule has 0 bridgehead atoms. The molecular formula is C21H38O4. The number of esters is 1. The number of hydrogen-bond acceptors (Lipinski definition) is 4. The maximum absolute atomic E-state index is 11.5. The molecule has 0 unspecified atom stereocenters. The van der Waals surface area contributed by atoms with Gasteiger partial charge >= 0.3 is 5.97 Å². The summed E-state index contributed by atoms with van der Waals surface area (Å²) in [7, 11) is 0. The summed E-state index contributed by atoms with van der Waals surface area (Å²) in [6.45, 7) is 3.46. The highest BCUT2D eigenvalue weighted by molar-refractivity contribution is 5.69. The minimum Gasteiger partial charge on any atom is -0.463 e. The first-order chi connectivity index (χ1) is 12.3. The van der Waals surface area contributed by atoms with E-state index in [1.807, 2.05) is 0 Å². The van der Waals surface area contributed by atoms with Crippen molar-refractivity contribution < 1.29 is 19.0 Å². The summed E-state index contributed by atoms with van der Waals surface area (Å²) in [5.74, 6) is -0.0700. The van der Waals surface area contributed by atoms with E-state index in [1.54, 1.807) is 0 Å². The SMILES string of the molecule is CCCCCCCC[C@H]1O[C@@H]1CCCCCCCC(=O)OC[C@@H]1CO1. The zero-order valence-electron chi connectivity index (χ0n) is 16.2. The Hall–Kier alpha value is -0.610. The van der Waals surface area contributed by atoms with Crippen molar-refractivity contribution in [3.05, 3.63) is 0 Å². The fraction of sp³-hybridized carbons (Fsp3) is 0.952. The number of unbranched alkanes of at least 4 members (excludes halogenated alkanes) is 9. The van der Waals surface area contributed by atoms with Gasteiger partial charge < -0.3 is 14.2 Å². The fourth-order valence-corrected chi connectivity index (χ4v) is 3.38. The van der Waals surface area contributed by atoms with Crippen molar-refractivity contribution in [1.82, 2.24) is 0 Å². The smallest absolute Gasteiger partial charge is 0.305 e. The van der Waals surface area contributed by atoms with Gasteiger partial charge in [-0.15, -0.1) is 0 Å². The minimum atomic E-state index is -0.0700. The van der Waals surface area contributed by atoms with Crippen LogP contribution in [-0.2, 0) is 19.0 Å². The van der Waals surface area contributed by atoms with Crippen LogP contribution in [0.1, 0.15) is 96.8 Å². The number of ether oxygens (including phenoxy) is 3. The van der Waals surface area contributed by atoms with Gasteiger partial charge in [0.2, 0.25) is 0 Å². The molecule has 25 heavy (non-hydrogen) atoms. The Bertz CT molecular complexity index is 354. The second-order valence-corrected chi connectivity index (χ2v) is 7.71. The summed E-state index contributed by atoms with van der Waals surface area (Å²) >= 11 is 0. The van der Waals surface area contributed by atoms with Gasteiger partial charge in [-0.1, -0.05) is 71.1 Å². The normalized spacial score (nSPS) is 24.3. The predicted molar refractivity (Wildman–Crippen MR) is 99.7 cm³/mol. The summed E-state index contributed by atoms with van der Waals surface area (Å²) < 4.78 is 15.9. The van der Waals surface area contributed by atoms with Crippen molar-refractivity contribution in [2.75, 3.05) is 13.2 Å². The number of epoxide rings is 2. The molecule has 0 aliphatic carbocycles. The van der Waals surface area contributed by atoms with Gasteiger partial charge in [-0.05, 0) is 19.3 Å². The molecule has 0 aromatic heterocycles. The molecule has 146 valence electrons. The van der Waals surface area contributed by atoms with Crippen molar-refractivity contribution in [1.29, 1.82) is 0 Å². The molecule has 0 amide bonds. The van der Waals surface area contributed by atoms with Crippen molar-refractivity contribution >= 4 is 5.97 Å². The molecule has 2 heterocycles. The monoisotopic (exact) mass is 354 g/mol. The zero-order valence-corrected chi connectivity index (χ0v) is 16.2. The van der Waals surface area contributed by atoms with Gasteiger partial charge in [0, 0.05) is 6.42 Å². The second-order valence-electron chi connectivity index (χ2n) is 7.71. The summed E-state index contributed by atoms with van der Waals surface area (Å²) in [6, 6.07) is 0. The zero-order chi connectivity index (χ0) is 17.7. The second kappa shape index (κ2) is 12.7. The van der Waals surface area contributed by atoms with Gasteiger partial charge in [0.1, 0.15) is 12.7 Å². The van der Waals surface area contributed by atoms with E-state index in [0.717, 1.165) is 19.4 Å². The number of rotatable bonds is 17. The van der Waals surface area contributed by atoms with Gasteiger partial charge in [0.15, 0.2) is 0 Å². The molecule has 0 aromatic carbocycles. The van der Waals surface area contributed by atoms with Crippen LogP contribution in [0.4, 0.5) is 0 Å². The molecule has 2 fully saturated rings. The van der Waals surface area contributed by atoms with E-state index in [0.29, 0.717) is 25.2 Å². The average molecular weight is 355 g/mol. The van der Waals surface area contributed by atoms with E-state index in [-0.39, 0.29) is 12.1 Å². The van der Waals surface area contributed by atoms with Crippen LogP contribution in [0.3, 0.4) is 0 Å². The Balaban J connectivity index is 1.27. The molecule has 0 saturated carbocycles. The van der Waals surface area contributed by atoms with Crippen molar-refractivity contribution in [3.8, 4) is 0 Å². The Kier molecular flexibility index (Phi) is 10.5. The summed E-state index contributed by atoms with van der Waals surface area (Å²) in [5.41, 5.74) is 0. The molecule has 0 spiro atoms. The molecule has 2 saturated heterocycles. The van der Waals surface area contributed by atoms with E-state index >= 15 is 0 Å². The molecule has 4 nitrogen and oxygen atoms in total.